The summed E-state index contributed by atoms with van der Waals surface area (Å²) < 4.78 is 7.25. The van der Waals surface area contributed by atoms with Crippen LogP contribution in [-0.4, -0.2) is 63.8 Å². The smallest absolute Gasteiger partial charge is 0.137 e. The Morgan fingerprint density at radius 3 is 2.73 bits per heavy atom. The molecule has 0 spiro atoms. The highest BCUT2D eigenvalue weighted by Crippen LogP contribution is 2.10. The fraction of sp³-hybridized carbons (Fsp3) is 0.500. The molecule has 6 heteroatoms. The summed E-state index contributed by atoms with van der Waals surface area (Å²) >= 11 is 0. The molecule has 0 radical (unpaired) electrons. The molecule has 0 saturated carbocycles. The van der Waals surface area contributed by atoms with Crippen molar-refractivity contribution in [2.75, 3.05) is 39.3 Å². The number of aromatic nitrogens is 3. The van der Waals surface area contributed by atoms with Crippen molar-refractivity contribution in [1.29, 1.82) is 0 Å². The molecule has 0 atom stereocenters. The highest BCUT2D eigenvalue weighted by Gasteiger charge is 2.16. The van der Waals surface area contributed by atoms with Crippen LogP contribution >= 0.6 is 0 Å². The summed E-state index contributed by atoms with van der Waals surface area (Å²) in [6, 6.07) is 3.92. The summed E-state index contributed by atoms with van der Waals surface area (Å²) in [5.41, 5.74) is 1.34. The minimum Gasteiger partial charge on any atom is -0.465 e. The third kappa shape index (κ3) is 4.29. The Morgan fingerprint density at radius 2 is 2.05 bits per heavy atom. The zero-order valence-corrected chi connectivity index (χ0v) is 13.1. The number of hydrogen-bond acceptors (Lipinski definition) is 5. The predicted octanol–water partition coefficient (Wildman–Crippen LogP) is 1.59. The minimum absolute atomic E-state index is 0.914. The van der Waals surface area contributed by atoms with Gasteiger partial charge >= 0.3 is 0 Å². The Bertz CT molecular complexity index is 568. The molecule has 6 nitrogen and oxygen atoms in total. The molecule has 118 valence electrons. The molecule has 3 heterocycles. The number of nitrogens with zero attached hydrogens (tertiary/aromatic N) is 5. The Hall–Kier alpha value is -1.92. The van der Waals surface area contributed by atoms with E-state index < -0.39 is 0 Å². The normalized spacial score (nSPS) is 18.0. The SMILES string of the molecule is CC(=Cc1ccco1)CN1CCN(CCn2cncn2)CC1. The monoisotopic (exact) mass is 301 g/mol. The van der Waals surface area contributed by atoms with E-state index in [1.54, 1.807) is 18.9 Å². The molecule has 22 heavy (non-hydrogen) atoms. The van der Waals surface area contributed by atoms with Crippen LogP contribution in [0, 0.1) is 0 Å². The van der Waals surface area contributed by atoms with E-state index in [0.29, 0.717) is 0 Å². The van der Waals surface area contributed by atoms with Gasteiger partial charge in [-0.2, -0.15) is 5.10 Å². The molecule has 0 aromatic carbocycles. The van der Waals surface area contributed by atoms with Crippen LogP contribution in [0.1, 0.15) is 12.7 Å². The van der Waals surface area contributed by atoms with E-state index >= 15 is 0 Å². The van der Waals surface area contributed by atoms with Crippen molar-refractivity contribution in [3.63, 3.8) is 0 Å². The first-order valence-corrected chi connectivity index (χ1v) is 7.77. The molecule has 2 aromatic rings. The van der Waals surface area contributed by atoms with Gasteiger partial charge in [-0.05, 0) is 25.1 Å². The van der Waals surface area contributed by atoms with Crippen LogP contribution in [0.2, 0.25) is 0 Å². The summed E-state index contributed by atoms with van der Waals surface area (Å²) in [6.07, 6.45) is 7.20. The number of piperazine rings is 1. The maximum atomic E-state index is 5.36. The summed E-state index contributed by atoms with van der Waals surface area (Å²) in [6.45, 7) is 9.58. The number of hydrogen-bond donors (Lipinski definition) is 0. The highest BCUT2D eigenvalue weighted by molar-refractivity contribution is 5.46. The fourth-order valence-corrected chi connectivity index (χ4v) is 2.78. The van der Waals surface area contributed by atoms with E-state index in [0.717, 1.165) is 51.6 Å². The molecule has 1 aliphatic rings. The van der Waals surface area contributed by atoms with Crippen molar-refractivity contribution in [3.05, 3.63) is 42.4 Å². The van der Waals surface area contributed by atoms with Gasteiger partial charge in [0.25, 0.3) is 0 Å². The summed E-state index contributed by atoms with van der Waals surface area (Å²) in [5.74, 6) is 0.934. The molecule has 1 fully saturated rings. The lowest BCUT2D eigenvalue weighted by Gasteiger charge is -2.34. The second-order valence-corrected chi connectivity index (χ2v) is 5.78. The molecule has 1 saturated heterocycles. The van der Waals surface area contributed by atoms with Gasteiger partial charge in [0.1, 0.15) is 18.4 Å². The van der Waals surface area contributed by atoms with Crippen LogP contribution in [0.25, 0.3) is 6.08 Å². The van der Waals surface area contributed by atoms with Gasteiger partial charge in [0.05, 0.1) is 12.8 Å². The summed E-state index contributed by atoms with van der Waals surface area (Å²) in [7, 11) is 0. The summed E-state index contributed by atoms with van der Waals surface area (Å²) in [4.78, 5) is 8.96. The minimum atomic E-state index is 0.914. The van der Waals surface area contributed by atoms with Crippen LogP contribution in [-0.2, 0) is 6.54 Å². The van der Waals surface area contributed by atoms with Crippen molar-refractivity contribution in [3.8, 4) is 0 Å². The average Bonchev–Trinajstić information content (AvgIpc) is 3.20. The third-order valence-electron chi connectivity index (χ3n) is 3.98. The van der Waals surface area contributed by atoms with Crippen molar-refractivity contribution < 1.29 is 4.42 Å². The standard InChI is InChI=1S/C16H23N5O/c1-15(11-16-3-2-10-22-16)12-20-6-4-19(5-7-20)8-9-21-14-17-13-18-21/h2-3,10-11,13-14H,4-9,12H2,1H3. The summed E-state index contributed by atoms with van der Waals surface area (Å²) in [5, 5.41) is 4.14. The molecule has 2 aromatic heterocycles. The Kier molecular flexibility index (Phi) is 5.03. The van der Waals surface area contributed by atoms with Gasteiger partial charge in [-0.3, -0.25) is 14.5 Å². The van der Waals surface area contributed by atoms with E-state index in [1.165, 1.54) is 5.57 Å². The first kappa shape index (κ1) is 15.0. The Morgan fingerprint density at radius 1 is 1.23 bits per heavy atom. The van der Waals surface area contributed by atoms with Crippen LogP contribution in [0.5, 0.6) is 0 Å². The van der Waals surface area contributed by atoms with Crippen LogP contribution in [0.15, 0.2) is 41.0 Å². The van der Waals surface area contributed by atoms with E-state index in [4.69, 9.17) is 4.42 Å². The van der Waals surface area contributed by atoms with Crippen molar-refractivity contribution >= 4 is 6.08 Å². The van der Waals surface area contributed by atoms with Crippen molar-refractivity contribution in [2.45, 2.75) is 13.5 Å². The Balaban J connectivity index is 1.40. The molecule has 0 N–H and O–H groups in total. The molecule has 3 rings (SSSR count). The topological polar surface area (TPSA) is 50.3 Å². The van der Waals surface area contributed by atoms with E-state index in [2.05, 4.69) is 32.9 Å². The second kappa shape index (κ2) is 7.38. The maximum absolute atomic E-state index is 5.36. The lowest BCUT2D eigenvalue weighted by Crippen LogP contribution is -2.47. The van der Waals surface area contributed by atoms with Crippen LogP contribution in [0.4, 0.5) is 0 Å². The lowest BCUT2D eigenvalue weighted by atomic mass is 10.2. The first-order valence-electron chi connectivity index (χ1n) is 7.77. The zero-order chi connectivity index (χ0) is 15.2. The molecule has 0 aliphatic carbocycles. The van der Waals surface area contributed by atoms with Gasteiger partial charge in [-0.15, -0.1) is 0 Å². The van der Waals surface area contributed by atoms with Gasteiger partial charge in [-0.25, -0.2) is 4.98 Å². The molecule has 0 unspecified atom stereocenters. The highest BCUT2D eigenvalue weighted by atomic mass is 16.3. The third-order valence-corrected chi connectivity index (χ3v) is 3.98. The van der Waals surface area contributed by atoms with Gasteiger partial charge < -0.3 is 4.42 Å². The van der Waals surface area contributed by atoms with Crippen LogP contribution in [0.3, 0.4) is 0 Å². The predicted molar refractivity (Wildman–Crippen MR) is 85.3 cm³/mol. The first-order chi connectivity index (χ1) is 10.8. The van der Waals surface area contributed by atoms with E-state index in [9.17, 15) is 0 Å². The second-order valence-electron chi connectivity index (χ2n) is 5.78. The van der Waals surface area contributed by atoms with E-state index in [1.807, 2.05) is 16.8 Å². The average molecular weight is 301 g/mol. The van der Waals surface area contributed by atoms with Crippen molar-refractivity contribution in [2.24, 2.45) is 0 Å². The van der Waals surface area contributed by atoms with Gasteiger partial charge in [0.2, 0.25) is 0 Å². The molecule has 0 bridgehead atoms. The number of furan rings is 1. The lowest BCUT2D eigenvalue weighted by molar-refractivity contribution is 0.136. The Labute approximate surface area is 131 Å². The van der Waals surface area contributed by atoms with Crippen LogP contribution < -0.4 is 0 Å². The maximum Gasteiger partial charge on any atom is 0.137 e. The molecular weight excluding hydrogens is 278 g/mol. The van der Waals surface area contributed by atoms with Gasteiger partial charge in [0.15, 0.2) is 0 Å². The largest absolute Gasteiger partial charge is 0.465 e. The van der Waals surface area contributed by atoms with E-state index in [-0.39, 0.29) is 0 Å². The number of rotatable bonds is 6. The molecule has 1 aliphatic heterocycles. The molecular formula is C16H23N5O. The molecule has 0 amide bonds. The van der Waals surface area contributed by atoms with Gasteiger partial charge in [0, 0.05) is 39.3 Å². The van der Waals surface area contributed by atoms with Crippen molar-refractivity contribution in [1.82, 2.24) is 24.6 Å². The fourth-order valence-electron chi connectivity index (χ4n) is 2.78. The van der Waals surface area contributed by atoms with Gasteiger partial charge in [-0.1, -0.05) is 5.57 Å². The quantitative estimate of drug-likeness (QED) is 0.811. The zero-order valence-electron chi connectivity index (χ0n) is 13.1.